The summed E-state index contributed by atoms with van der Waals surface area (Å²) in [6.07, 6.45) is 0.818. The van der Waals surface area contributed by atoms with Crippen molar-refractivity contribution in [1.29, 1.82) is 0 Å². The molecule has 3 rings (SSSR count). The Hall–Kier alpha value is -2.30. The number of carbonyl (C=O) groups excluding carboxylic acids is 2. The third-order valence-electron chi connectivity index (χ3n) is 3.60. The molecule has 0 radical (unpaired) electrons. The van der Waals surface area contributed by atoms with Gasteiger partial charge in [0, 0.05) is 23.5 Å². The molecule has 0 bridgehead atoms. The molecule has 0 aliphatic carbocycles. The van der Waals surface area contributed by atoms with E-state index >= 15 is 0 Å². The van der Waals surface area contributed by atoms with Crippen LogP contribution in [-0.2, 0) is 0 Å². The third kappa shape index (κ3) is 1.78. The molecule has 5 nitrogen and oxygen atoms in total. The third-order valence-corrected chi connectivity index (χ3v) is 3.60. The van der Waals surface area contributed by atoms with Crippen LogP contribution >= 0.6 is 0 Å². The summed E-state index contributed by atoms with van der Waals surface area (Å²) in [5, 5.41) is 14.7. The van der Waals surface area contributed by atoms with E-state index in [0.29, 0.717) is 12.2 Å². The van der Waals surface area contributed by atoms with Gasteiger partial charge in [-0.25, -0.2) is 0 Å². The Morgan fingerprint density at radius 1 is 1.42 bits per heavy atom. The Balaban J connectivity index is 2.30. The minimum absolute atomic E-state index is 0.115. The van der Waals surface area contributed by atoms with E-state index in [0.717, 1.165) is 17.3 Å². The summed E-state index contributed by atoms with van der Waals surface area (Å²) in [5.41, 5.74) is 1.47. The lowest BCUT2D eigenvalue weighted by atomic mass is 10.1. The highest BCUT2D eigenvalue weighted by Crippen LogP contribution is 2.28. The second-order valence-electron chi connectivity index (χ2n) is 4.85. The van der Waals surface area contributed by atoms with E-state index in [1.54, 1.807) is 18.2 Å². The molecular weight excluding hydrogens is 244 g/mol. The van der Waals surface area contributed by atoms with Crippen molar-refractivity contribution in [1.82, 2.24) is 9.88 Å². The van der Waals surface area contributed by atoms with Crippen molar-refractivity contribution < 1.29 is 14.7 Å². The molecule has 5 heteroatoms. The van der Waals surface area contributed by atoms with Crippen LogP contribution in [-0.4, -0.2) is 23.0 Å². The van der Waals surface area contributed by atoms with E-state index in [-0.39, 0.29) is 17.5 Å². The monoisotopic (exact) mass is 257 g/mol. The number of carboxylic acid groups (broad SMARTS) is 1. The molecule has 19 heavy (non-hydrogen) atoms. The number of hydrogen-bond acceptors (Lipinski definition) is 3. The van der Waals surface area contributed by atoms with Gasteiger partial charge in [0.1, 0.15) is 5.69 Å². The van der Waals surface area contributed by atoms with Crippen LogP contribution in [0.1, 0.15) is 40.2 Å². The summed E-state index contributed by atoms with van der Waals surface area (Å²) in [6.45, 7) is 2.65. The van der Waals surface area contributed by atoms with Crippen LogP contribution in [0.5, 0.6) is 0 Å². The number of hydrogen-bond donors (Lipinski definition) is 1. The van der Waals surface area contributed by atoms with Crippen molar-refractivity contribution in [2.45, 2.75) is 19.4 Å². The fraction of sp³-hybridized carbons (Fsp3) is 0.286. The lowest BCUT2D eigenvalue weighted by Crippen LogP contribution is -2.22. The molecule has 0 saturated carbocycles. The van der Waals surface area contributed by atoms with Crippen LogP contribution in [0.3, 0.4) is 0 Å². The standard InChI is InChI=1S/C14H14N2O3/c1-8-4-5-15-13(17)12-6-9-2-3-10(14(18)19)7-11(9)16(8)12/h2-3,6-8H,4-5H2,1H3,(H,15,17)(H,18,19)/p-1/t8-/m1/s1. The number of amides is 1. The molecule has 1 aromatic heterocycles. The smallest absolute Gasteiger partial charge is 0.267 e. The highest BCUT2D eigenvalue weighted by molar-refractivity contribution is 6.00. The SMILES string of the molecule is C[C@@H]1CCNC(=O)c2cc3ccc(C(=O)[O-])cc3n21. The summed E-state index contributed by atoms with van der Waals surface area (Å²) in [5.74, 6) is -1.32. The number of fused-ring (bicyclic) bond motifs is 3. The van der Waals surface area contributed by atoms with Crippen LogP contribution in [0.15, 0.2) is 24.3 Å². The van der Waals surface area contributed by atoms with Crippen LogP contribution in [0.25, 0.3) is 10.9 Å². The molecular formula is C14H13N2O3-. The zero-order chi connectivity index (χ0) is 13.6. The molecule has 98 valence electrons. The maximum atomic E-state index is 12.0. The van der Waals surface area contributed by atoms with Crippen LogP contribution in [0.2, 0.25) is 0 Å². The highest BCUT2D eigenvalue weighted by Gasteiger charge is 2.22. The molecule has 1 amide bonds. The molecule has 1 aliphatic rings. The first kappa shape index (κ1) is 11.8. The van der Waals surface area contributed by atoms with Crippen molar-refractivity contribution in [2.75, 3.05) is 6.54 Å². The van der Waals surface area contributed by atoms with Gasteiger partial charge in [-0.05, 0) is 31.0 Å². The minimum Gasteiger partial charge on any atom is -0.545 e. The van der Waals surface area contributed by atoms with Crippen molar-refractivity contribution >= 4 is 22.8 Å². The largest absolute Gasteiger partial charge is 0.545 e. The number of aromatic carboxylic acids is 1. The summed E-state index contributed by atoms with van der Waals surface area (Å²) in [7, 11) is 0. The molecule has 2 aromatic rings. The first-order chi connectivity index (χ1) is 9.08. The van der Waals surface area contributed by atoms with Crippen molar-refractivity contribution in [2.24, 2.45) is 0 Å². The van der Waals surface area contributed by atoms with Crippen LogP contribution in [0, 0.1) is 0 Å². The van der Waals surface area contributed by atoms with Gasteiger partial charge in [-0.3, -0.25) is 4.79 Å². The number of benzene rings is 1. The second kappa shape index (κ2) is 4.12. The van der Waals surface area contributed by atoms with Gasteiger partial charge >= 0.3 is 0 Å². The maximum absolute atomic E-state index is 12.0. The maximum Gasteiger partial charge on any atom is 0.267 e. The molecule has 1 N–H and O–H groups in total. The van der Waals surface area contributed by atoms with Gasteiger partial charge in [0.05, 0.1) is 5.97 Å². The Kier molecular flexibility index (Phi) is 2.55. The van der Waals surface area contributed by atoms with E-state index in [1.807, 2.05) is 11.5 Å². The van der Waals surface area contributed by atoms with Crippen LogP contribution < -0.4 is 10.4 Å². The Labute approximate surface area is 109 Å². The lowest BCUT2D eigenvalue weighted by molar-refractivity contribution is -0.255. The van der Waals surface area contributed by atoms with Gasteiger partial charge in [0.25, 0.3) is 5.91 Å². The van der Waals surface area contributed by atoms with E-state index < -0.39 is 5.97 Å². The fourth-order valence-corrected chi connectivity index (χ4v) is 2.61. The number of carbonyl (C=O) groups is 2. The van der Waals surface area contributed by atoms with E-state index in [9.17, 15) is 14.7 Å². The van der Waals surface area contributed by atoms with Crippen molar-refractivity contribution in [3.63, 3.8) is 0 Å². The second-order valence-corrected chi connectivity index (χ2v) is 4.85. The molecule has 0 unspecified atom stereocenters. The molecule has 1 aliphatic heterocycles. The normalized spacial score (nSPS) is 18.8. The molecule has 1 atom stereocenters. The number of rotatable bonds is 1. The number of nitrogens with one attached hydrogen (secondary N) is 1. The van der Waals surface area contributed by atoms with Gasteiger partial charge in [-0.15, -0.1) is 0 Å². The van der Waals surface area contributed by atoms with Crippen LogP contribution in [0.4, 0.5) is 0 Å². The van der Waals surface area contributed by atoms with Gasteiger partial charge in [-0.1, -0.05) is 12.1 Å². The Morgan fingerprint density at radius 3 is 2.95 bits per heavy atom. The van der Waals surface area contributed by atoms with E-state index in [2.05, 4.69) is 5.32 Å². The fourth-order valence-electron chi connectivity index (χ4n) is 2.61. The Bertz CT molecular complexity index is 687. The first-order valence-corrected chi connectivity index (χ1v) is 6.22. The molecule has 2 heterocycles. The summed E-state index contributed by atoms with van der Waals surface area (Å²) >= 11 is 0. The predicted molar refractivity (Wildman–Crippen MR) is 67.9 cm³/mol. The van der Waals surface area contributed by atoms with E-state index in [1.165, 1.54) is 6.07 Å². The van der Waals surface area contributed by atoms with Crippen molar-refractivity contribution in [3.8, 4) is 0 Å². The average molecular weight is 257 g/mol. The lowest BCUT2D eigenvalue weighted by Gasteiger charge is -2.14. The Morgan fingerprint density at radius 2 is 2.21 bits per heavy atom. The average Bonchev–Trinajstić information content (AvgIpc) is 2.70. The predicted octanol–water partition coefficient (Wildman–Crippen LogP) is 0.699. The van der Waals surface area contributed by atoms with Gasteiger partial charge < -0.3 is 19.8 Å². The van der Waals surface area contributed by atoms with Gasteiger partial charge in [0.15, 0.2) is 0 Å². The van der Waals surface area contributed by atoms with Gasteiger partial charge in [0.2, 0.25) is 0 Å². The zero-order valence-electron chi connectivity index (χ0n) is 10.5. The summed E-state index contributed by atoms with van der Waals surface area (Å²) < 4.78 is 1.91. The molecule has 0 saturated heterocycles. The summed E-state index contributed by atoms with van der Waals surface area (Å²) in [6, 6.07) is 6.72. The quantitative estimate of drug-likeness (QED) is 0.817. The molecule has 1 aromatic carbocycles. The van der Waals surface area contributed by atoms with Gasteiger partial charge in [-0.2, -0.15) is 0 Å². The number of aromatic nitrogens is 1. The molecule has 0 fully saturated rings. The van der Waals surface area contributed by atoms with E-state index in [4.69, 9.17) is 0 Å². The number of nitrogens with zero attached hydrogens (tertiary/aromatic N) is 1. The summed E-state index contributed by atoms with van der Waals surface area (Å²) in [4.78, 5) is 22.9. The minimum atomic E-state index is -1.21. The first-order valence-electron chi connectivity index (χ1n) is 6.22. The molecule has 0 spiro atoms. The van der Waals surface area contributed by atoms with Crippen molar-refractivity contribution in [3.05, 3.63) is 35.5 Å². The zero-order valence-corrected chi connectivity index (χ0v) is 10.5. The number of carboxylic acids is 1. The highest BCUT2D eigenvalue weighted by atomic mass is 16.4. The topological polar surface area (TPSA) is 74.2 Å².